The topological polar surface area (TPSA) is 0 Å². The lowest BCUT2D eigenvalue weighted by Crippen LogP contribution is -2.10. The van der Waals surface area contributed by atoms with Crippen molar-refractivity contribution >= 4 is 11.6 Å². The molecule has 2 atom stereocenters. The van der Waals surface area contributed by atoms with E-state index in [1.165, 1.54) is 36.0 Å². The molecule has 0 aromatic heterocycles. The zero-order valence-electron chi connectivity index (χ0n) is 11.1. The molecule has 0 saturated carbocycles. The minimum atomic E-state index is 0.152. The van der Waals surface area contributed by atoms with Gasteiger partial charge in [0.2, 0.25) is 0 Å². The van der Waals surface area contributed by atoms with Crippen LogP contribution in [0.4, 0.5) is 0 Å². The van der Waals surface area contributed by atoms with Gasteiger partial charge in [-0.2, -0.15) is 0 Å². The average molecular weight is 271 g/mol. The van der Waals surface area contributed by atoms with Gasteiger partial charge in [0.15, 0.2) is 0 Å². The number of benzene rings is 2. The molecule has 3 rings (SSSR count). The van der Waals surface area contributed by atoms with Crippen molar-refractivity contribution < 1.29 is 0 Å². The summed E-state index contributed by atoms with van der Waals surface area (Å²) in [6.07, 6.45) is 4.73. The minimum Gasteiger partial charge on any atom is -0.117 e. The third-order valence-corrected chi connectivity index (χ3v) is 4.72. The smallest absolute Gasteiger partial charge is 0.0619 e. The summed E-state index contributed by atoms with van der Waals surface area (Å²) >= 11 is 6.77. The molecule has 0 nitrogen and oxygen atoms in total. The van der Waals surface area contributed by atoms with Gasteiger partial charge in [0.05, 0.1) is 5.38 Å². The molecular formula is C18H19Cl. The lowest BCUT2D eigenvalue weighted by atomic mass is 9.90. The molecule has 19 heavy (non-hydrogen) atoms. The van der Waals surface area contributed by atoms with E-state index in [-0.39, 0.29) is 5.38 Å². The first-order valence-electron chi connectivity index (χ1n) is 7.10. The number of fused-ring (bicyclic) bond motifs is 1. The maximum Gasteiger partial charge on any atom is 0.0619 e. The molecule has 0 radical (unpaired) electrons. The van der Waals surface area contributed by atoms with E-state index >= 15 is 0 Å². The van der Waals surface area contributed by atoms with Crippen molar-refractivity contribution in [1.29, 1.82) is 0 Å². The van der Waals surface area contributed by atoms with Crippen molar-refractivity contribution in [1.82, 2.24) is 0 Å². The van der Waals surface area contributed by atoms with Gasteiger partial charge >= 0.3 is 0 Å². The number of rotatable bonds is 2. The standard InChI is InChI=1S/C18H19Cl/c19-18-16(13-14-7-2-1-3-8-14)11-6-10-15-9-4-5-12-17(15)18/h1-5,7-9,12,16,18H,6,10-11,13H2. The average Bonchev–Trinajstić information content (AvgIpc) is 2.61. The van der Waals surface area contributed by atoms with Gasteiger partial charge in [0, 0.05) is 0 Å². The van der Waals surface area contributed by atoms with Crippen molar-refractivity contribution in [2.75, 3.05) is 0 Å². The summed E-state index contributed by atoms with van der Waals surface area (Å²) in [6, 6.07) is 19.4. The van der Waals surface area contributed by atoms with Crippen LogP contribution in [0.25, 0.3) is 0 Å². The Balaban J connectivity index is 1.84. The van der Waals surface area contributed by atoms with Crippen LogP contribution < -0.4 is 0 Å². The third-order valence-electron chi connectivity index (χ3n) is 4.13. The molecule has 0 amide bonds. The van der Waals surface area contributed by atoms with Gasteiger partial charge in [-0.3, -0.25) is 0 Å². The maximum atomic E-state index is 6.77. The summed E-state index contributed by atoms with van der Waals surface area (Å²) in [5.74, 6) is 0.549. The molecule has 0 heterocycles. The van der Waals surface area contributed by atoms with Crippen LogP contribution in [-0.4, -0.2) is 0 Å². The van der Waals surface area contributed by atoms with Gasteiger partial charge < -0.3 is 0 Å². The Labute approximate surface area is 120 Å². The van der Waals surface area contributed by atoms with Crippen LogP contribution >= 0.6 is 11.6 Å². The Hall–Kier alpha value is -1.27. The SMILES string of the molecule is ClC1c2ccccc2CCCC1Cc1ccccc1. The van der Waals surface area contributed by atoms with E-state index in [4.69, 9.17) is 11.6 Å². The monoisotopic (exact) mass is 270 g/mol. The van der Waals surface area contributed by atoms with Gasteiger partial charge in [-0.05, 0) is 48.3 Å². The van der Waals surface area contributed by atoms with Gasteiger partial charge in [-0.25, -0.2) is 0 Å². The highest BCUT2D eigenvalue weighted by Crippen LogP contribution is 2.39. The second kappa shape index (κ2) is 5.79. The molecule has 1 aliphatic carbocycles. The predicted molar refractivity (Wildman–Crippen MR) is 81.6 cm³/mol. The molecule has 2 aromatic carbocycles. The van der Waals surface area contributed by atoms with E-state index < -0.39 is 0 Å². The molecule has 0 spiro atoms. The van der Waals surface area contributed by atoms with Crippen LogP contribution in [0, 0.1) is 5.92 Å². The number of hydrogen-bond acceptors (Lipinski definition) is 0. The van der Waals surface area contributed by atoms with Gasteiger partial charge in [0.1, 0.15) is 0 Å². The highest BCUT2D eigenvalue weighted by Gasteiger charge is 2.25. The summed E-state index contributed by atoms with van der Waals surface area (Å²) in [5, 5.41) is 0.152. The van der Waals surface area contributed by atoms with Gasteiger partial charge in [-0.15, -0.1) is 11.6 Å². The van der Waals surface area contributed by atoms with Crippen LogP contribution in [0.15, 0.2) is 54.6 Å². The Morgan fingerprint density at radius 2 is 1.68 bits per heavy atom. The molecular weight excluding hydrogens is 252 g/mol. The predicted octanol–water partition coefficient (Wildman–Crippen LogP) is 5.16. The highest BCUT2D eigenvalue weighted by atomic mass is 35.5. The van der Waals surface area contributed by atoms with E-state index in [1.807, 2.05) is 0 Å². The van der Waals surface area contributed by atoms with Gasteiger partial charge in [-0.1, -0.05) is 54.6 Å². The lowest BCUT2D eigenvalue weighted by Gasteiger charge is -2.21. The van der Waals surface area contributed by atoms with Crippen LogP contribution in [0.2, 0.25) is 0 Å². The fraction of sp³-hybridized carbons (Fsp3) is 0.333. The highest BCUT2D eigenvalue weighted by molar-refractivity contribution is 6.21. The molecule has 0 aliphatic heterocycles. The third kappa shape index (κ3) is 2.84. The van der Waals surface area contributed by atoms with E-state index in [0.717, 1.165) is 6.42 Å². The maximum absolute atomic E-state index is 6.77. The zero-order chi connectivity index (χ0) is 13.1. The fourth-order valence-electron chi connectivity index (χ4n) is 3.11. The molecule has 0 bridgehead atoms. The Bertz CT molecular complexity index is 532. The molecule has 2 unspecified atom stereocenters. The summed E-state index contributed by atoms with van der Waals surface area (Å²) in [5.41, 5.74) is 4.19. The first-order chi connectivity index (χ1) is 9.34. The van der Waals surface area contributed by atoms with Gasteiger partial charge in [0.25, 0.3) is 0 Å². The molecule has 1 heteroatoms. The molecule has 98 valence electrons. The molecule has 0 N–H and O–H groups in total. The van der Waals surface area contributed by atoms with E-state index in [1.54, 1.807) is 0 Å². The Morgan fingerprint density at radius 1 is 0.947 bits per heavy atom. The normalized spacial score (nSPS) is 22.6. The molecule has 1 aliphatic rings. The van der Waals surface area contributed by atoms with E-state index in [2.05, 4.69) is 54.6 Å². The van der Waals surface area contributed by atoms with Crippen molar-refractivity contribution in [3.05, 3.63) is 71.3 Å². The minimum absolute atomic E-state index is 0.152. The second-order valence-corrected chi connectivity index (χ2v) is 5.91. The first kappa shape index (κ1) is 12.7. The zero-order valence-corrected chi connectivity index (χ0v) is 11.8. The fourth-order valence-corrected chi connectivity index (χ4v) is 3.54. The summed E-state index contributed by atoms with van der Waals surface area (Å²) in [6.45, 7) is 0. The quantitative estimate of drug-likeness (QED) is 0.522. The van der Waals surface area contributed by atoms with E-state index in [0.29, 0.717) is 5.92 Å². The summed E-state index contributed by atoms with van der Waals surface area (Å²) in [4.78, 5) is 0. The molecule has 0 fully saturated rings. The summed E-state index contributed by atoms with van der Waals surface area (Å²) < 4.78 is 0. The number of halogens is 1. The van der Waals surface area contributed by atoms with Crippen LogP contribution in [0.1, 0.15) is 34.9 Å². The van der Waals surface area contributed by atoms with Crippen LogP contribution in [-0.2, 0) is 12.8 Å². The van der Waals surface area contributed by atoms with E-state index in [9.17, 15) is 0 Å². The number of alkyl halides is 1. The number of hydrogen-bond donors (Lipinski definition) is 0. The van der Waals surface area contributed by atoms with Crippen LogP contribution in [0.3, 0.4) is 0 Å². The Kier molecular flexibility index (Phi) is 3.89. The Morgan fingerprint density at radius 3 is 2.53 bits per heavy atom. The second-order valence-electron chi connectivity index (χ2n) is 5.44. The lowest BCUT2D eigenvalue weighted by molar-refractivity contribution is 0.465. The van der Waals surface area contributed by atoms with Crippen molar-refractivity contribution in [3.8, 4) is 0 Å². The number of aryl methyl sites for hydroxylation is 1. The van der Waals surface area contributed by atoms with Crippen molar-refractivity contribution in [3.63, 3.8) is 0 Å². The van der Waals surface area contributed by atoms with Crippen molar-refractivity contribution in [2.24, 2.45) is 5.92 Å². The van der Waals surface area contributed by atoms with Crippen LogP contribution in [0.5, 0.6) is 0 Å². The molecule has 2 aromatic rings. The first-order valence-corrected chi connectivity index (χ1v) is 7.54. The largest absolute Gasteiger partial charge is 0.117 e. The summed E-state index contributed by atoms with van der Waals surface area (Å²) in [7, 11) is 0. The van der Waals surface area contributed by atoms with Crippen molar-refractivity contribution in [2.45, 2.75) is 31.1 Å². The molecule has 0 saturated heterocycles.